The van der Waals surface area contributed by atoms with Gasteiger partial charge in [0, 0.05) is 19.6 Å². The van der Waals surface area contributed by atoms with Crippen LogP contribution < -0.4 is 5.32 Å². The molecule has 148 valence electrons. The van der Waals surface area contributed by atoms with Crippen molar-refractivity contribution in [3.63, 3.8) is 0 Å². The number of hydrogen-bond acceptors (Lipinski definition) is 7. The topological polar surface area (TPSA) is 109 Å². The summed E-state index contributed by atoms with van der Waals surface area (Å²) in [5.74, 6) is -0.182. The summed E-state index contributed by atoms with van der Waals surface area (Å²) in [6.07, 6.45) is 3.84. The molecule has 1 saturated heterocycles. The Morgan fingerprint density at radius 2 is 2.07 bits per heavy atom. The quantitative estimate of drug-likeness (QED) is 0.649. The number of tetrazole rings is 1. The van der Waals surface area contributed by atoms with Gasteiger partial charge in [0.25, 0.3) is 5.91 Å². The Balaban J connectivity index is 1.29. The third kappa shape index (κ3) is 3.18. The van der Waals surface area contributed by atoms with Crippen LogP contribution in [0.15, 0.2) is 48.9 Å². The van der Waals surface area contributed by atoms with E-state index in [0.29, 0.717) is 24.3 Å². The summed E-state index contributed by atoms with van der Waals surface area (Å²) in [5, 5.41) is 25.5. The van der Waals surface area contributed by atoms with Crippen molar-refractivity contribution < 1.29 is 9.90 Å². The van der Waals surface area contributed by atoms with Gasteiger partial charge in [-0.05, 0) is 46.5 Å². The lowest BCUT2D eigenvalue weighted by Gasteiger charge is -2.48. The number of aliphatic hydroxyl groups is 1. The molecular formula is C20H21N7O2. The summed E-state index contributed by atoms with van der Waals surface area (Å²) in [5.41, 5.74) is 3.17. The first-order chi connectivity index (χ1) is 14.1. The van der Waals surface area contributed by atoms with Crippen LogP contribution in [0.2, 0.25) is 0 Å². The van der Waals surface area contributed by atoms with Crippen molar-refractivity contribution in [2.24, 2.45) is 0 Å². The molecule has 1 fully saturated rings. The van der Waals surface area contributed by atoms with Crippen LogP contribution in [0.25, 0.3) is 5.69 Å². The molecular weight excluding hydrogens is 370 g/mol. The Kier molecular flexibility index (Phi) is 4.33. The van der Waals surface area contributed by atoms with Crippen LogP contribution >= 0.6 is 0 Å². The SMILES string of the molecule is O=C(c1ccc(-n2cnnn2)cn1)N1CC[C@]2(Cc3ccccc3CN2)[C@H](O)C1. The number of β-amino-alcohol motifs (C(OH)–C–C–N with tert-alkyl or cyclic N) is 1. The van der Waals surface area contributed by atoms with Gasteiger partial charge in [-0.2, -0.15) is 4.68 Å². The Labute approximate surface area is 167 Å². The molecule has 0 unspecified atom stereocenters. The number of amides is 1. The third-order valence-electron chi connectivity index (χ3n) is 5.98. The van der Waals surface area contributed by atoms with E-state index in [1.165, 1.54) is 22.1 Å². The molecule has 1 spiro atoms. The third-order valence-corrected chi connectivity index (χ3v) is 5.98. The van der Waals surface area contributed by atoms with Gasteiger partial charge in [-0.15, -0.1) is 5.10 Å². The van der Waals surface area contributed by atoms with Crippen LogP contribution in [-0.2, 0) is 13.0 Å². The van der Waals surface area contributed by atoms with E-state index < -0.39 is 6.10 Å². The van der Waals surface area contributed by atoms with Crippen LogP contribution in [0.4, 0.5) is 0 Å². The van der Waals surface area contributed by atoms with Gasteiger partial charge >= 0.3 is 0 Å². The fraction of sp³-hybridized carbons (Fsp3) is 0.350. The predicted molar refractivity (Wildman–Crippen MR) is 103 cm³/mol. The molecule has 2 aliphatic rings. The second-order valence-electron chi connectivity index (χ2n) is 7.63. The van der Waals surface area contributed by atoms with Crippen molar-refractivity contribution >= 4 is 5.91 Å². The van der Waals surface area contributed by atoms with E-state index in [-0.39, 0.29) is 18.0 Å². The van der Waals surface area contributed by atoms with Crippen LogP contribution in [0, 0.1) is 0 Å². The number of rotatable bonds is 2. The van der Waals surface area contributed by atoms with Crippen LogP contribution in [-0.4, -0.2) is 65.8 Å². The molecule has 29 heavy (non-hydrogen) atoms. The van der Waals surface area contributed by atoms with Gasteiger partial charge in [0.1, 0.15) is 12.0 Å². The maximum Gasteiger partial charge on any atom is 0.272 e. The van der Waals surface area contributed by atoms with E-state index in [4.69, 9.17) is 0 Å². The lowest BCUT2D eigenvalue weighted by Crippen LogP contribution is -2.65. The summed E-state index contributed by atoms with van der Waals surface area (Å²) in [7, 11) is 0. The van der Waals surface area contributed by atoms with Gasteiger partial charge in [-0.3, -0.25) is 4.79 Å². The zero-order valence-electron chi connectivity index (χ0n) is 15.8. The number of carbonyl (C=O) groups is 1. The van der Waals surface area contributed by atoms with Gasteiger partial charge in [-0.1, -0.05) is 24.3 Å². The highest BCUT2D eigenvalue weighted by molar-refractivity contribution is 5.92. The monoisotopic (exact) mass is 391 g/mol. The largest absolute Gasteiger partial charge is 0.389 e. The minimum atomic E-state index is -0.644. The molecule has 3 aromatic rings. The molecule has 0 aliphatic carbocycles. The first-order valence-electron chi connectivity index (χ1n) is 9.63. The van der Waals surface area contributed by atoms with Gasteiger partial charge in [-0.25, -0.2) is 4.98 Å². The number of piperidine rings is 1. The van der Waals surface area contributed by atoms with Gasteiger partial charge < -0.3 is 15.3 Å². The Bertz CT molecular complexity index is 1020. The normalized spacial score (nSPS) is 23.8. The van der Waals surface area contributed by atoms with E-state index in [9.17, 15) is 9.90 Å². The molecule has 0 bridgehead atoms. The van der Waals surface area contributed by atoms with E-state index in [1.807, 2.05) is 12.1 Å². The van der Waals surface area contributed by atoms with Gasteiger partial charge in [0.2, 0.25) is 0 Å². The lowest BCUT2D eigenvalue weighted by atomic mass is 9.76. The standard InChI is InChI=1S/C20H21N7O2/c28-18-12-26(8-7-20(18)9-14-3-1-2-4-15(14)10-22-20)19(29)17-6-5-16(11-21-17)27-13-23-24-25-27/h1-6,11,13,18,22,28H,7-10,12H2/t18-,20+/m1/s1. The number of nitrogens with zero attached hydrogens (tertiary/aromatic N) is 6. The van der Waals surface area contributed by atoms with E-state index in [0.717, 1.165) is 13.0 Å². The summed E-state index contributed by atoms with van der Waals surface area (Å²) in [4.78, 5) is 18.8. The molecule has 0 radical (unpaired) electrons. The highest BCUT2D eigenvalue weighted by Crippen LogP contribution is 2.32. The van der Waals surface area contributed by atoms with Crippen molar-refractivity contribution in [3.8, 4) is 5.69 Å². The first-order valence-corrected chi connectivity index (χ1v) is 9.63. The molecule has 2 N–H and O–H groups in total. The average Bonchev–Trinajstić information content (AvgIpc) is 3.30. The Morgan fingerprint density at radius 1 is 1.21 bits per heavy atom. The fourth-order valence-corrected chi connectivity index (χ4v) is 4.24. The zero-order chi connectivity index (χ0) is 19.8. The maximum absolute atomic E-state index is 12.9. The number of likely N-dealkylation sites (tertiary alicyclic amines) is 1. The number of pyridine rings is 1. The molecule has 5 rings (SSSR count). The second-order valence-corrected chi connectivity index (χ2v) is 7.63. The molecule has 2 aliphatic heterocycles. The molecule has 4 heterocycles. The van der Waals surface area contributed by atoms with Crippen molar-refractivity contribution in [1.29, 1.82) is 0 Å². The second kappa shape index (κ2) is 7.02. The van der Waals surface area contributed by atoms with E-state index in [2.05, 4.69) is 38.0 Å². The molecule has 1 aromatic carbocycles. The van der Waals surface area contributed by atoms with Crippen LogP contribution in [0.3, 0.4) is 0 Å². The summed E-state index contributed by atoms with van der Waals surface area (Å²) >= 11 is 0. The average molecular weight is 391 g/mol. The zero-order valence-corrected chi connectivity index (χ0v) is 15.8. The lowest BCUT2D eigenvalue weighted by molar-refractivity contribution is -0.0140. The highest BCUT2D eigenvalue weighted by atomic mass is 16.3. The maximum atomic E-state index is 12.9. The Morgan fingerprint density at radius 3 is 2.79 bits per heavy atom. The number of aliphatic hydroxyl groups excluding tert-OH is 1. The predicted octanol–water partition coefficient (Wildman–Crippen LogP) is 0.349. The number of carbonyl (C=O) groups excluding carboxylic acids is 1. The summed E-state index contributed by atoms with van der Waals surface area (Å²) < 4.78 is 1.47. The van der Waals surface area contributed by atoms with Crippen molar-refractivity contribution in [1.82, 2.24) is 35.4 Å². The molecule has 2 aromatic heterocycles. The fourth-order valence-electron chi connectivity index (χ4n) is 4.24. The first kappa shape index (κ1) is 17.9. The van der Waals surface area contributed by atoms with Gasteiger partial charge in [0.05, 0.1) is 23.5 Å². The molecule has 1 amide bonds. The number of aromatic nitrogens is 5. The van der Waals surface area contributed by atoms with Crippen LogP contribution in [0.5, 0.6) is 0 Å². The smallest absolute Gasteiger partial charge is 0.272 e. The molecule has 2 atom stereocenters. The number of fused-ring (bicyclic) bond motifs is 1. The number of hydrogen-bond donors (Lipinski definition) is 2. The van der Waals surface area contributed by atoms with Crippen LogP contribution in [0.1, 0.15) is 28.0 Å². The number of benzene rings is 1. The van der Waals surface area contributed by atoms with E-state index >= 15 is 0 Å². The van der Waals surface area contributed by atoms with Crippen molar-refractivity contribution in [3.05, 3.63) is 65.7 Å². The highest BCUT2D eigenvalue weighted by Gasteiger charge is 2.45. The van der Waals surface area contributed by atoms with E-state index in [1.54, 1.807) is 23.2 Å². The van der Waals surface area contributed by atoms with Gasteiger partial charge in [0.15, 0.2) is 0 Å². The van der Waals surface area contributed by atoms with Crippen molar-refractivity contribution in [2.45, 2.75) is 31.0 Å². The molecule has 0 saturated carbocycles. The summed E-state index contributed by atoms with van der Waals surface area (Å²) in [6.45, 7) is 1.59. The summed E-state index contributed by atoms with van der Waals surface area (Å²) in [6, 6.07) is 11.7. The molecule has 9 nitrogen and oxygen atoms in total. The number of nitrogens with one attached hydrogen (secondary N) is 1. The van der Waals surface area contributed by atoms with Crippen molar-refractivity contribution in [2.75, 3.05) is 13.1 Å². The minimum absolute atomic E-state index is 0.182. The molecule has 9 heteroatoms. The Hall–Kier alpha value is -3.17. The minimum Gasteiger partial charge on any atom is -0.389 e.